The average Bonchev–Trinajstić information content (AvgIpc) is 2.01. The minimum Gasteiger partial charge on any atom is -0.265 e. The summed E-state index contributed by atoms with van der Waals surface area (Å²) in [7, 11) is -0.509. The van der Waals surface area contributed by atoms with E-state index in [1.165, 1.54) is 24.8 Å². The molecule has 78 valence electrons. The Hall–Kier alpha value is -0.500. The smallest absolute Gasteiger partial charge is 0.0271 e. The van der Waals surface area contributed by atoms with Crippen LogP contribution < -0.4 is 0 Å². The third-order valence-corrected chi connectivity index (χ3v) is 6.53. The molecule has 0 radical (unpaired) electrons. The first kappa shape index (κ1) is 10.0. The van der Waals surface area contributed by atoms with Crippen molar-refractivity contribution in [3.8, 4) is 0 Å². The minimum atomic E-state index is -0.509. The third kappa shape index (κ3) is 1.36. The van der Waals surface area contributed by atoms with Crippen molar-refractivity contribution in [2.24, 2.45) is 0 Å². The van der Waals surface area contributed by atoms with Crippen LogP contribution in [0.1, 0.15) is 24.8 Å². The van der Waals surface area contributed by atoms with Crippen molar-refractivity contribution in [2.45, 2.75) is 24.0 Å². The van der Waals surface area contributed by atoms with Gasteiger partial charge in [0.15, 0.2) is 0 Å². The first-order valence-electron chi connectivity index (χ1n) is 5.15. The van der Waals surface area contributed by atoms with E-state index in [0.717, 1.165) is 0 Å². The van der Waals surface area contributed by atoms with Crippen LogP contribution in [0, 0.1) is 0 Å². The van der Waals surface area contributed by atoms with Gasteiger partial charge in [-0.15, -0.1) is 0 Å². The number of nitrogens with zero attached hydrogens (tertiary/aromatic N) is 1. The predicted octanol–water partition coefficient (Wildman–Crippen LogP) is 3.15. The van der Waals surface area contributed by atoms with E-state index in [1.54, 1.807) is 0 Å². The summed E-state index contributed by atoms with van der Waals surface area (Å²) >= 11 is 0. The number of pyridine rings is 1. The zero-order valence-electron chi connectivity index (χ0n) is 9.29. The molecule has 0 N–H and O–H groups in total. The average molecular weight is 209 g/mol. The van der Waals surface area contributed by atoms with Crippen LogP contribution in [-0.2, 0) is 4.75 Å². The lowest BCUT2D eigenvalue weighted by atomic mass is 9.79. The van der Waals surface area contributed by atoms with E-state index in [4.69, 9.17) is 0 Å². The fourth-order valence-electron chi connectivity index (χ4n) is 2.41. The van der Waals surface area contributed by atoms with E-state index < -0.39 is 10.0 Å². The minimum absolute atomic E-state index is 0.496. The molecule has 1 aromatic heterocycles. The lowest BCUT2D eigenvalue weighted by molar-refractivity contribution is 0.367. The highest BCUT2D eigenvalue weighted by Crippen LogP contribution is 2.66. The molecule has 1 saturated carbocycles. The molecule has 0 unspecified atom stereocenters. The van der Waals surface area contributed by atoms with Crippen LogP contribution in [0.3, 0.4) is 0 Å². The maximum atomic E-state index is 4.11. The van der Waals surface area contributed by atoms with Gasteiger partial charge in [0.2, 0.25) is 0 Å². The summed E-state index contributed by atoms with van der Waals surface area (Å²) in [5.74, 6) is 0. The van der Waals surface area contributed by atoms with Gasteiger partial charge in [-0.25, -0.2) is 10.0 Å². The second-order valence-corrected chi connectivity index (χ2v) is 9.38. The molecule has 1 aromatic rings. The summed E-state index contributed by atoms with van der Waals surface area (Å²) in [6, 6.07) is 4.41. The molecule has 1 fully saturated rings. The molecule has 0 bridgehead atoms. The summed E-state index contributed by atoms with van der Waals surface area (Å²) in [6.07, 6.45) is 15.3. The lowest BCUT2D eigenvalue weighted by Crippen LogP contribution is -2.38. The Morgan fingerprint density at radius 3 is 2.07 bits per heavy atom. The van der Waals surface area contributed by atoms with Gasteiger partial charge in [0.1, 0.15) is 0 Å². The van der Waals surface area contributed by atoms with E-state index in [1.807, 2.05) is 12.4 Å². The molecule has 1 aliphatic rings. The molecule has 0 atom stereocenters. The normalized spacial score (nSPS) is 21.4. The van der Waals surface area contributed by atoms with Crippen LogP contribution in [0.2, 0.25) is 0 Å². The molecular formula is C12H19NS. The van der Waals surface area contributed by atoms with Gasteiger partial charge in [-0.1, -0.05) is 6.42 Å². The fraction of sp³-hybridized carbons (Fsp3) is 0.583. The van der Waals surface area contributed by atoms with Gasteiger partial charge < -0.3 is 0 Å². The Balaban J connectivity index is 2.39. The van der Waals surface area contributed by atoms with Crippen LogP contribution >= 0.6 is 10.0 Å². The first-order chi connectivity index (χ1) is 6.56. The second-order valence-electron chi connectivity index (χ2n) is 4.92. The van der Waals surface area contributed by atoms with Crippen LogP contribution in [0.25, 0.3) is 0 Å². The number of hydrogen-bond acceptors (Lipinski definition) is 1. The Bertz CT molecular complexity index is 309. The van der Waals surface area contributed by atoms with Crippen molar-refractivity contribution in [3.63, 3.8) is 0 Å². The van der Waals surface area contributed by atoms with Crippen LogP contribution in [0.15, 0.2) is 24.5 Å². The Morgan fingerprint density at radius 2 is 1.71 bits per heavy atom. The van der Waals surface area contributed by atoms with Crippen LogP contribution in [0.5, 0.6) is 0 Å². The van der Waals surface area contributed by atoms with Crippen molar-refractivity contribution in [1.82, 2.24) is 4.98 Å². The molecule has 14 heavy (non-hydrogen) atoms. The predicted molar refractivity (Wildman–Crippen MR) is 65.1 cm³/mol. The second kappa shape index (κ2) is 3.27. The first-order valence-corrected chi connectivity index (χ1v) is 8.00. The molecule has 2 rings (SSSR count). The van der Waals surface area contributed by atoms with Gasteiger partial charge in [-0.2, -0.15) is 0 Å². The van der Waals surface area contributed by atoms with E-state index in [2.05, 4.69) is 35.9 Å². The van der Waals surface area contributed by atoms with Crippen molar-refractivity contribution in [1.29, 1.82) is 0 Å². The molecule has 1 heterocycles. The third-order valence-electron chi connectivity index (χ3n) is 3.54. The van der Waals surface area contributed by atoms with E-state index in [-0.39, 0.29) is 0 Å². The molecule has 0 spiro atoms. The van der Waals surface area contributed by atoms with Gasteiger partial charge in [-0.3, -0.25) is 4.98 Å². The highest BCUT2D eigenvalue weighted by Gasteiger charge is 2.45. The summed E-state index contributed by atoms with van der Waals surface area (Å²) in [5, 5.41) is 0. The topological polar surface area (TPSA) is 12.9 Å². The standard InChI is InChI=1S/C12H19NS/c1-14(2,3)12(7-4-8-12)11-5-9-13-10-6-11/h5-6,9-10H,4,7-8H2,1-3H3. The largest absolute Gasteiger partial charge is 0.265 e. The van der Waals surface area contributed by atoms with Gasteiger partial charge in [0.05, 0.1) is 0 Å². The van der Waals surface area contributed by atoms with Crippen LogP contribution in [0.4, 0.5) is 0 Å². The monoisotopic (exact) mass is 209 g/mol. The summed E-state index contributed by atoms with van der Waals surface area (Å²) < 4.78 is 0.496. The van der Waals surface area contributed by atoms with Gasteiger partial charge in [0, 0.05) is 17.1 Å². The molecule has 0 aromatic carbocycles. The maximum Gasteiger partial charge on any atom is 0.0271 e. The Morgan fingerprint density at radius 1 is 1.14 bits per heavy atom. The van der Waals surface area contributed by atoms with E-state index >= 15 is 0 Å². The van der Waals surface area contributed by atoms with E-state index in [9.17, 15) is 0 Å². The van der Waals surface area contributed by atoms with Gasteiger partial charge >= 0.3 is 0 Å². The summed E-state index contributed by atoms with van der Waals surface area (Å²) in [6.45, 7) is 0. The zero-order valence-corrected chi connectivity index (χ0v) is 10.1. The van der Waals surface area contributed by atoms with Crippen molar-refractivity contribution in [2.75, 3.05) is 18.8 Å². The molecule has 0 aliphatic heterocycles. The molecule has 1 aliphatic carbocycles. The molecular weight excluding hydrogens is 190 g/mol. The van der Waals surface area contributed by atoms with Gasteiger partial charge in [0.25, 0.3) is 0 Å². The van der Waals surface area contributed by atoms with E-state index in [0.29, 0.717) is 4.75 Å². The molecule has 2 heteroatoms. The number of aromatic nitrogens is 1. The fourth-order valence-corrected chi connectivity index (χ4v) is 4.76. The maximum absolute atomic E-state index is 4.11. The number of hydrogen-bond donors (Lipinski definition) is 0. The number of rotatable bonds is 2. The Kier molecular flexibility index (Phi) is 2.34. The Labute approximate surface area is 88.3 Å². The van der Waals surface area contributed by atoms with Crippen molar-refractivity contribution >= 4 is 10.0 Å². The molecule has 0 saturated heterocycles. The highest BCUT2D eigenvalue weighted by atomic mass is 32.3. The summed E-state index contributed by atoms with van der Waals surface area (Å²) in [4.78, 5) is 4.11. The zero-order chi connectivity index (χ0) is 10.2. The highest BCUT2D eigenvalue weighted by molar-refractivity contribution is 8.32. The molecule has 0 amide bonds. The SMILES string of the molecule is CS(C)(C)C1(c2ccncc2)CCC1. The van der Waals surface area contributed by atoms with Crippen LogP contribution in [-0.4, -0.2) is 23.8 Å². The lowest BCUT2D eigenvalue weighted by Gasteiger charge is -2.55. The molecule has 1 nitrogen and oxygen atoms in total. The quantitative estimate of drug-likeness (QED) is 0.729. The van der Waals surface area contributed by atoms with Crippen molar-refractivity contribution < 1.29 is 0 Å². The van der Waals surface area contributed by atoms with Crippen molar-refractivity contribution in [3.05, 3.63) is 30.1 Å². The van der Waals surface area contributed by atoms with Gasteiger partial charge in [-0.05, 0) is 49.3 Å². The summed E-state index contributed by atoms with van der Waals surface area (Å²) in [5.41, 5.74) is 1.52.